The number of esters is 1. The van der Waals surface area contributed by atoms with Crippen LogP contribution in [0.2, 0.25) is 16.6 Å². The van der Waals surface area contributed by atoms with Gasteiger partial charge in [0.25, 0.3) is 0 Å². The van der Waals surface area contributed by atoms with Gasteiger partial charge in [0.1, 0.15) is 14.7 Å². The first-order valence-corrected chi connectivity index (χ1v) is 15.8. The first kappa shape index (κ1) is 32.7. The molecule has 0 aliphatic carbocycles. The Kier molecular flexibility index (Phi) is 14.4. The van der Waals surface area contributed by atoms with Crippen LogP contribution < -0.4 is 0 Å². The second kappa shape index (κ2) is 15.0. The van der Waals surface area contributed by atoms with E-state index in [1.165, 1.54) is 11.1 Å². The van der Waals surface area contributed by atoms with E-state index in [4.69, 9.17) is 4.74 Å². The SMILES string of the molecule is C/C(=C\COC(=O)C(C)(C)C)CC/C=C(\C)CC[C@H](C#C[Si](C(C)C)(C(C)C)C(C)C)C(C)C. The van der Waals surface area contributed by atoms with Crippen LogP contribution in [0.4, 0.5) is 0 Å². The zero-order chi connectivity index (χ0) is 26.7. The summed E-state index contributed by atoms with van der Waals surface area (Å²) in [6, 6.07) is 0. The molecular weight excluding hydrogens is 432 g/mol. The Morgan fingerprint density at radius 3 is 1.79 bits per heavy atom. The van der Waals surface area contributed by atoms with Gasteiger partial charge in [0, 0.05) is 5.92 Å². The third kappa shape index (κ3) is 11.0. The molecule has 0 unspecified atom stereocenters. The molecule has 2 nitrogen and oxygen atoms in total. The predicted octanol–water partition coefficient (Wildman–Crippen LogP) is 9.52. The second-order valence-electron chi connectivity index (χ2n) is 12.5. The molecule has 196 valence electrons. The predicted molar refractivity (Wildman–Crippen MR) is 154 cm³/mol. The highest BCUT2D eigenvalue weighted by Gasteiger charge is 2.41. The minimum atomic E-state index is -1.67. The van der Waals surface area contributed by atoms with Crippen LogP contribution in [0, 0.1) is 28.7 Å². The maximum Gasteiger partial charge on any atom is 0.311 e. The lowest BCUT2D eigenvalue weighted by atomic mass is 9.90. The van der Waals surface area contributed by atoms with Gasteiger partial charge in [-0.05, 0) is 88.9 Å². The highest BCUT2D eigenvalue weighted by atomic mass is 28.3. The summed E-state index contributed by atoms with van der Waals surface area (Å²) in [6.07, 6.45) is 8.70. The monoisotopic (exact) mass is 488 g/mol. The van der Waals surface area contributed by atoms with Gasteiger partial charge in [-0.1, -0.05) is 72.6 Å². The topological polar surface area (TPSA) is 26.3 Å². The first-order valence-electron chi connectivity index (χ1n) is 13.6. The molecular formula is C31H56O2Si. The molecule has 0 rings (SSSR count). The van der Waals surface area contributed by atoms with Gasteiger partial charge in [0.15, 0.2) is 0 Å². The van der Waals surface area contributed by atoms with Gasteiger partial charge in [0.05, 0.1) is 5.41 Å². The van der Waals surface area contributed by atoms with Gasteiger partial charge in [-0.2, -0.15) is 0 Å². The highest BCUT2D eigenvalue weighted by molar-refractivity contribution is 6.90. The van der Waals surface area contributed by atoms with Gasteiger partial charge >= 0.3 is 5.97 Å². The van der Waals surface area contributed by atoms with Crippen LogP contribution in [-0.4, -0.2) is 20.7 Å². The van der Waals surface area contributed by atoms with E-state index in [9.17, 15) is 4.79 Å². The fourth-order valence-electron chi connectivity index (χ4n) is 4.83. The van der Waals surface area contributed by atoms with Crippen molar-refractivity contribution in [3.63, 3.8) is 0 Å². The molecule has 0 aliphatic rings. The highest BCUT2D eigenvalue weighted by Crippen LogP contribution is 2.41. The molecule has 34 heavy (non-hydrogen) atoms. The molecule has 0 saturated heterocycles. The maximum absolute atomic E-state index is 11.9. The Hall–Kier alpha value is -1.27. The minimum absolute atomic E-state index is 0.148. The third-order valence-corrected chi connectivity index (χ3v) is 13.6. The van der Waals surface area contributed by atoms with E-state index in [0.717, 1.165) is 25.7 Å². The average molecular weight is 489 g/mol. The molecule has 3 heteroatoms. The smallest absolute Gasteiger partial charge is 0.311 e. The van der Waals surface area contributed by atoms with Crippen molar-refractivity contribution in [2.45, 2.75) is 132 Å². The summed E-state index contributed by atoms with van der Waals surface area (Å²) in [5.74, 6) is 4.71. The quantitative estimate of drug-likeness (QED) is 0.118. The summed E-state index contributed by atoms with van der Waals surface area (Å²) in [5, 5.41) is 0. The van der Waals surface area contributed by atoms with E-state index in [1.54, 1.807) is 0 Å². The normalized spacial score (nSPS) is 14.6. The Morgan fingerprint density at radius 2 is 1.35 bits per heavy atom. The van der Waals surface area contributed by atoms with Crippen LogP contribution in [0.3, 0.4) is 0 Å². The van der Waals surface area contributed by atoms with E-state index in [-0.39, 0.29) is 5.97 Å². The Balaban J connectivity index is 4.97. The maximum atomic E-state index is 11.9. The molecule has 0 saturated carbocycles. The van der Waals surface area contributed by atoms with Crippen molar-refractivity contribution >= 4 is 14.0 Å². The zero-order valence-electron chi connectivity index (χ0n) is 24.9. The van der Waals surface area contributed by atoms with Gasteiger partial charge < -0.3 is 4.74 Å². The fourth-order valence-corrected chi connectivity index (χ4v) is 10.1. The lowest BCUT2D eigenvalue weighted by molar-refractivity contribution is -0.151. The number of hydrogen-bond acceptors (Lipinski definition) is 2. The fraction of sp³-hybridized carbons (Fsp3) is 0.774. The van der Waals surface area contributed by atoms with Crippen molar-refractivity contribution in [2.24, 2.45) is 17.3 Å². The van der Waals surface area contributed by atoms with Gasteiger partial charge in [-0.15, -0.1) is 11.5 Å². The molecule has 0 aliphatic heterocycles. The summed E-state index contributed by atoms with van der Waals surface area (Å²) in [4.78, 5) is 11.9. The van der Waals surface area contributed by atoms with E-state index in [1.807, 2.05) is 26.8 Å². The third-order valence-electron chi connectivity index (χ3n) is 7.28. The Labute approximate surface area is 214 Å². The standard InChI is InChI=1S/C31H56O2Si/c1-23(2)29(20-22-34(24(3)4,25(5)6)26(7)8)18-17-27(9)15-14-16-28(10)19-21-33-30(32)31(11,12)13/h15,19,23-26,29H,14,16-18,21H2,1-13H3/b27-15+,28-19+/t29-/m1/s1. The van der Waals surface area contributed by atoms with Crippen molar-refractivity contribution < 1.29 is 9.53 Å². The zero-order valence-corrected chi connectivity index (χ0v) is 25.9. The number of ether oxygens (including phenoxy) is 1. The van der Waals surface area contributed by atoms with Crippen LogP contribution in [0.5, 0.6) is 0 Å². The molecule has 0 heterocycles. The summed E-state index contributed by atoms with van der Waals surface area (Å²) >= 11 is 0. The molecule has 0 aromatic rings. The molecule has 0 radical (unpaired) electrons. The average Bonchev–Trinajstić information content (AvgIpc) is 2.68. The van der Waals surface area contributed by atoms with Crippen molar-refractivity contribution in [1.29, 1.82) is 0 Å². The molecule has 0 bridgehead atoms. The summed E-state index contributed by atoms with van der Waals surface area (Å²) < 4.78 is 5.34. The van der Waals surface area contributed by atoms with Crippen LogP contribution in [0.15, 0.2) is 23.3 Å². The molecule has 0 N–H and O–H groups in total. The lowest BCUT2D eigenvalue weighted by Crippen LogP contribution is -2.43. The molecule has 0 fully saturated rings. The molecule has 0 aromatic heterocycles. The van der Waals surface area contributed by atoms with Crippen LogP contribution in [0.25, 0.3) is 0 Å². The number of allylic oxidation sites excluding steroid dienone is 3. The number of hydrogen-bond donors (Lipinski definition) is 0. The van der Waals surface area contributed by atoms with Gasteiger partial charge in [-0.3, -0.25) is 4.79 Å². The number of carbonyl (C=O) groups is 1. The molecule has 0 amide bonds. The molecule has 1 atom stereocenters. The summed E-state index contributed by atoms with van der Waals surface area (Å²) in [6.45, 7) is 29.4. The van der Waals surface area contributed by atoms with E-state index < -0.39 is 13.5 Å². The van der Waals surface area contributed by atoms with Crippen molar-refractivity contribution in [3.8, 4) is 11.5 Å². The van der Waals surface area contributed by atoms with Crippen LogP contribution in [0.1, 0.15) is 116 Å². The van der Waals surface area contributed by atoms with Gasteiger partial charge in [0.2, 0.25) is 0 Å². The molecule has 0 spiro atoms. The Morgan fingerprint density at radius 1 is 0.853 bits per heavy atom. The largest absolute Gasteiger partial charge is 0.461 e. The van der Waals surface area contributed by atoms with Crippen LogP contribution >= 0.6 is 0 Å². The van der Waals surface area contributed by atoms with Crippen LogP contribution in [-0.2, 0) is 9.53 Å². The van der Waals surface area contributed by atoms with E-state index in [2.05, 4.69) is 86.8 Å². The minimum Gasteiger partial charge on any atom is -0.461 e. The number of rotatable bonds is 12. The molecule has 0 aromatic carbocycles. The van der Waals surface area contributed by atoms with Crippen molar-refractivity contribution in [2.75, 3.05) is 6.61 Å². The van der Waals surface area contributed by atoms with E-state index >= 15 is 0 Å². The summed E-state index contributed by atoms with van der Waals surface area (Å²) in [5.41, 5.74) is 8.29. The Bertz CT molecular complexity index is 714. The van der Waals surface area contributed by atoms with Crippen molar-refractivity contribution in [1.82, 2.24) is 0 Å². The lowest BCUT2D eigenvalue weighted by Gasteiger charge is -2.38. The second-order valence-corrected chi connectivity index (χ2v) is 18.1. The van der Waals surface area contributed by atoms with Crippen molar-refractivity contribution in [3.05, 3.63) is 23.3 Å². The first-order chi connectivity index (χ1) is 15.6. The number of carbonyl (C=O) groups excluding carboxylic acids is 1. The van der Waals surface area contributed by atoms with E-state index in [0.29, 0.717) is 35.1 Å². The van der Waals surface area contributed by atoms with Gasteiger partial charge in [-0.25, -0.2) is 0 Å². The summed E-state index contributed by atoms with van der Waals surface area (Å²) in [7, 11) is -1.67.